The number of hydrogen-bond donors (Lipinski definition) is 1. The molecule has 14 heavy (non-hydrogen) atoms. The van der Waals surface area contributed by atoms with E-state index in [9.17, 15) is 0 Å². The number of hydrogen-bond acceptors (Lipinski definition) is 2. The Balaban J connectivity index is 0.000000980. The minimum Gasteiger partial charge on any atom is -0.340 e. The van der Waals surface area contributed by atoms with E-state index in [0.29, 0.717) is 0 Å². The lowest BCUT2D eigenvalue weighted by atomic mass is 10.2. The van der Waals surface area contributed by atoms with Gasteiger partial charge < -0.3 is 4.98 Å². The third-order valence-electron chi connectivity index (χ3n) is 1.69. The van der Waals surface area contributed by atoms with Crippen LogP contribution in [0.5, 0.6) is 0 Å². The third kappa shape index (κ3) is 3.09. The van der Waals surface area contributed by atoms with E-state index in [1.54, 1.807) is 18.0 Å². The van der Waals surface area contributed by atoms with E-state index in [0.717, 1.165) is 10.9 Å². The van der Waals surface area contributed by atoms with Gasteiger partial charge in [-0.3, -0.25) is 0 Å². The molecule has 2 aromatic rings. The molecule has 1 heterocycles. The summed E-state index contributed by atoms with van der Waals surface area (Å²) in [6.07, 6.45) is 3.61. The number of thioether (sulfide) groups is 1. The van der Waals surface area contributed by atoms with Gasteiger partial charge in [0.05, 0.1) is 0 Å². The Morgan fingerprint density at radius 1 is 1.21 bits per heavy atom. The topological polar surface area (TPSA) is 28.7 Å². The Labute approximate surface area is 93.6 Å². The van der Waals surface area contributed by atoms with Crippen molar-refractivity contribution in [3.05, 3.63) is 48.3 Å². The second-order valence-electron chi connectivity index (χ2n) is 2.67. The molecule has 0 bridgehead atoms. The molecule has 0 fully saturated rings. The van der Waals surface area contributed by atoms with Crippen molar-refractivity contribution in [1.29, 1.82) is 0 Å². The molecular weight excluding hydrogens is 216 g/mol. The van der Waals surface area contributed by atoms with Crippen LogP contribution >= 0.6 is 24.2 Å². The number of aromatic amines is 1. The molecule has 0 unspecified atom stereocenters. The Morgan fingerprint density at radius 3 is 2.64 bits per heavy atom. The van der Waals surface area contributed by atoms with Gasteiger partial charge in [0.25, 0.3) is 0 Å². The second-order valence-corrected chi connectivity index (χ2v) is 3.63. The summed E-state index contributed by atoms with van der Waals surface area (Å²) in [5.41, 5.74) is 1.32. The molecule has 0 radical (unpaired) electrons. The first-order valence-corrected chi connectivity index (χ1v) is 5.10. The zero-order chi connectivity index (χ0) is 8.93. The average molecular weight is 227 g/mol. The standard InChI is InChI=1S/C10H10N2S.ClH/c1-2-4-9(5-3-1)8-13-10-11-6-7-12-10;/h1-7H,8H2,(H,11,12);1H. The molecule has 0 spiro atoms. The van der Waals surface area contributed by atoms with Crippen LogP contribution in [0, 0.1) is 0 Å². The summed E-state index contributed by atoms with van der Waals surface area (Å²) in [6, 6.07) is 10.4. The van der Waals surface area contributed by atoms with Crippen LogP contribution in [0.2, 0.25) is 0 Å². The largest absolute Gasteiger partial charge is 0.340 e. The molecule has 0 aliphatic carbocycles. The first-order chi connectivity index (χ1) is 6.45. The molecule has 0 aliphatic rings. The fourth-order valence-corrected chi connectivity index (χ4v) is 1.84. The molecule has 1 N–H and O–H groups in total. The highest BCUT2D eigenvalue weighted by atomic mass is 35.5. The highest BCUT2D eigenvalue weighted by Crippen LogP contribution is 2.17. The zero-order valence-electron chi connectivity index (χ0n) is 7.51. The fraction of sp³-hybridized carbons (Fsp3) is 0.100. The highest BCUT2D eigenvalue weighted by Gasteiger charge is 1.95. The summed E-state index contributed by atoms with van der Waals surface area (Å²) in [4.78, 5) is 7.20. The van der Waals surface area contributed by atoms with E-state index < -0.39 is 0 Å². The Bertz CT molecular complexity index is 348. The third-order valence-corrected chi connectivity index (χ3v) is 2.67. The van der Waals surface area contributed by atoms with E-state index in [4.69, 9.17) is 0 Å². The molecule has 0 atom stereocenters. The van der Waals surface area contributed by atoms with Crippen molar-refractivity contribution >= 4 is 24.2 Å². The van der Waals surface area contributed by atoms with Gasteiger partial charge in [0.1, 0.15) is 0 Å². The van der Waals surface area contributed by atoms with Gasteiger partial charge in [-0.15, -0.1) is 12.4 Å². The Kier molecular flexibility index (Phi) is 4.56. The minimum absolute atomic E-state index is 0. The van der Waals surface area contributed by atoms with E-state index in [-0.39, 0.29) is 12.4 Å². The monoisotopic (exact) mass is 226 g/mol. The lowest BCUT2D eigenvalue weighted by Crippen LogP contribution is -1.80. The predicted octanol–water partition coefficient (Wildman–Crippen LogP) is 3.12. The van der Waals surface area contributed by atoms with Crippen molar-refractivity contribution < 1.29 is 0 Å². The van der Waals surface area contributed by atoms with Gasteiger partial charge in [-0.1, -0.05) is 42.1 Å². The second kappa shape index (κ2) is 5.73. The van der Waals surface area contributed by atoms with E-state index >= 15 is 0 Å². The quantitative estimate of drug-likeness (QED) is 0.815. The van der Waals surface area contributed by atoms with E-state index in [1.165, 1.54) is 5.56 Å². The summed E-state index contributed by atoms with van der Waals surface area (Å²) in [7, 11) is 0. The van der Waals surface area contributed by atoms with E-state index in [1.807, 2.05) is 12.3 Å². The van der Waals surface area contributed by atoms with Gasteiger partial charge in [0, 0.05) is 18.1 Å². The maximum absolute atomic E-state index is 4.14. The van der Waals surface area contributed by atoms with Crippen LogP contribution in [0.25, 0.3) is 0 Å². The molecule has 74 valence electrons. The summed E-state index contributed by atoms with van der Waals surface area (Å²) >= 11 is 1.71. The van der Waals surface area contributed by atoms with Gasteiger partial charge in [0.15, 0.2) is 5.16 Å². The number of imidazole rings is 1. The number of H-pyrrole nitrogens is 1. The van der Waals surface area contributed by atoms with Crippen molar-refractivity contribution in [1.82, 2.24) is 9.97 Å². The number of benzene rings is 1. The van der Waals surface area contributed by atoms with Crippen molar-refractivity contribution in [2.75, 3.05) is 0 Å². The number of aromatic nitrogens is 2. The number of halogens is 1. The lowest BCUT2D eigenvalue weighted by Gasteiger charge is -1.97. The normalized spacial score (nSPS) is 9.43. The smallest absolute Gasteiger partial charge is 0.165 e. The molecule has 1 aromatic heterocycles. The molecule has 0 amide bonds. The molecule has 2 nitrogen and oxygen atoms in total. The predicted molar refractivity (Wildman–Crippen MR) is 61.8 cm³/mol. The maximum atomic E-state index is 4.14. The average Bonchev–Trinajstić information content (AvgIpc) is 2.69. The highest BCUT2D eigenvalue weighted by molar-refractivity contribution is 7.98. The Morgan fingerprint density at radius 2 is 2.00 bits per heavy atom. The number of nitrogens with one attached hydrogen (secondary N) is 1. The summed E-state index contributed by atoms with van der Waals surface area (Å²) < 4.78 is 0. The van der Waals surface area contributed by atoms with Crippen LogP contribution in [0.3, 0.4) is 0 Å². The van der Waals surface area contributed by atoms with Crippen LogP contribution in [-0.2, 0) is 5.75 Å². The minimum atomic E-state index is 0. The van der Waals surface area contributed by atoms with Gasteiger partial charge in [-0.25, -0.2) is 4.98 Å². The van der Waals surface area contributed by atoms with Gasteiger partial charge in [0.2, 0.25) is 0 Å². The summed E-state index contributed by atoms with van der Waals surface area (Å²) in [6.45, 7) is 0. The van der Waals surface area contributed by atoms with Crippen LogP contribution in [0.4, 0.5) is 0 Å². The molecular formula is C10H11ClN2S. The molecule has 0 aliphatic heterocycles. The van der Waals surface area contributed by atoms with Crippen LogP contribution in [-0.4, -0.2) is 9.97 Å². The maximum Gasteiger partial charge on any atom is 0.165 e. The summed E-state index contributed by atoms with van der Waals surface area (Å²) in [5.74, 6) is 0.967. The zero-order valence-corrected chi connectivity index (χ0v) is 9.15. The van der Waals surface area contributed by atoms with Crippen molar-refractivity contribution in [2.45, 2.75) is 10.9 Å². The van der Waals surface area contributed by atoms with Gasteiger partial charge in [-0.05, 0) is 5.56 Å². The summed E-state index contributed by atoms with van der Waals surface area (Å²) in [5, 5.41) is 0.976. The molecule has 4 heteroatoms. The number of rotatable bonds is 3. The van der Waals surface area contributed by atoms with E-state index in [2.05, 4.69) is 34.2 Å². The number of nitrogens with zero attached hydrogens (tertiary/aromatic N) is 1. The van der Waals surface area contributed by atoms with Crippen LogP contribution < -0.4 is 0 Å². The van der Waals surface area contributed by atoms with Crippen LogP contribution in [0.15, 0.2) is 47.9 Å². The molecule has 1 aromatic carbocycles. The SMILES string of the molecule is Cl.c1ccc(CSc2ncc[nH]2)cc1. The lowest BCUT2D eigenvalue weighted by molar-refractivity contribution is 1.06. The first kappa shape index (κ1) is 11.1. The Hall–Kier alpha value is -0.930. The molecule has 0 saturated heterocycles. The van der Waals surface area contributed by atoms with Gasteiger partial charge in [-0.2, -0.15) is 0 Å². The first-order valence-electron chi connectivity index (χ1n) is 4.11. The van der Waals surface area contributed by atoms with Crippen molar-refractivity contribution in [2.24, 2.45) is 0 Å². The van der Waals surface area contributed by atoms with Crippen LogP contribution in [0.1, 0.15) is 5.56 Å². The molecule has 2 rings (SSSR count). The van der Waals surface area contributed by atoms with Crippen molar-refractivity contribution in [3.8, 4) is 0 Å². The fourth-order valence-electron chi connectivity index (χ4n) is 1.06. The van der Waals surface area contributed by atoms with Gasteiger partial charge >= 0.3 is 0 Å². The van der Waals surface area contributed by atoms with Crippen molar-refractivity contribution in [3.63, 3.8) is 0 Å². The molecule has 0 saturated carbocycles.